The van der Waals surface area contributed by atoms with Crippen LogP contribution in [0, 0.1) is 0 Å². The third kappa shape index (κ3) is 4.96. The van der Waals surface area contributed by atoms with E-state index in [-0.39, 0.29) is 6.54 Å². The van der Waals surface area contributed by atoms with Crippen LogP contribution in [0.15, 0.2) is 47.1 Å². The lowest BCUT2D eigenvalue weighted by molar-refractivity contribution is -0.139. The molecular formula is C16H17N3O5. The second-order valence-corrected chi connectivity index (χ2v) is 4.80. The van der Waals surface area contributed by atoms with E-state index in [1.165, 1.54) is 6.26 Å². The molecule has 0 aliphatic rings. The summed E-state index contributed by atoms with van der Waals surface area (Å²) in [5, 5.41) is 2.36. The van der Waals surface area contributed by atoms with Crippen LogP contribution in [0.3, 0.4) is 0 Å². The van der Waals surface area contributed by atoms with Gasteiger partial charge in [0.15, 0.2) is 0 Å². The van der Waals surface area contributed by atoms with Crippen LogP contribution in [0.4, 0.5) is 0 Å². The Bertz CT molecular complexity index is 695. The second kappa shape index (κ2) is 8.49. The maximum Gasteiger partial charge on any atom is 0.327 e. The number of carbonyl (C=O) groups is 3. The SMILES string of the molecule is COCc1ccc(C(=O)NNC(=O)C(=O)NCc2ccco2)cc1. The van der Waals surface area contributed by atoms with E-state index in [1.807, 2.05) is 5.43 Å². The Kier molecular flexibility index (Phi) is 6.09. The normalized spacial score (nSPS) is 10.0. The molecule has 3 amide bonds. The molecule has 8 nitrogen and oxygen atoms in total. The summed E-state index contributed by atoms with van der Waals surface area (Å²) >= 11 is 0. The van der Waals surface area contributed by atoms with Gasteiger partial charge in [-0.1, -0.05) is 12.1 Å². The summed E-state index contributed by atoms with van der Waals surface area (Å²) in [7, 11) is 1.58. The molecule has 0 radical (unpaired) electrons. The number of hydrogen-bond acceptors (Lipinski definition) is 5. The number of rotatable bonds is 5. The van der Waals surface area contributed by atoms with Crippen molar-refractivity contribution in [2.45, 2.75) is 13.2 Å². The summed E-state index contributed by atoms with van der Waals surface area (Å²) in [4.78, 5) is 35.0. The molecule has 0 saturated heterocycles. The number of hydrazine groups is 1. The zero-order valence-electron chi connectivity index (χ0n) is 13.0. The second-order valence-electron chi connectivity index (χ2n) is 4.80. The third-order valence-corrected chi connectivity index (χ3v) is 3.03. The number of nitrogens with one attached hydrogen (secondary N) is 3. The van der Waals surface area contributed by atoms with Crippen LogP contribution in [0.1, 0.15) is 21.7 Å². The van der Waals surface area contributed by atoms with Gasteiger partial charge in [0.2, 0.25) is 0 Å². The Balaban J connectivity index is 1.77. The number of methoxy groups -OCH3 is 1. The highest BCUT2D eigenvalue weighted by atomic mass is 16.5. The highest BCUT2D eigenvalue weighted by Crippen LogP contribution is 2.05. The number of furan rings is 1. The van der Waals surface area contributed by atoms with Crippen molar-refractivity contribution in [2.75, 3.05) is 7.11 Å². The molecule has 24 heavy (non-hydrogen) atoms. The molecule has 1 aromatic heterocycles. The molecule has 0 spiro atoms. The van der Waals surface area contributed by atoms with Crippen molar-refractivity contribution < 1.29 is 23.5 Å². The fourth-order valence-corrected chi connectivity index (χ4v) is 1.82. The van der Waals surface area contributed by atoms with Crippen molar-refractivity contribution in [2.24, 2.45) is 0 Å². The van der Waals surface area contributed by atoms with Crippen molar-refractivity contribution in [3.05, 3.63) is 59.5 Å². The predicted octanol–water partition coefficient (Wildman–Crippen LogP) is 0.503. The van der Waals surface area contributed by atoms with E-state index in [0.29, 0.717) is 17.9 Å². The summed E-state index contributed by atoms with van der Waals surface area (Å²) < 4.78 is 10.00. The van der Waals surface area contributed by atoms with Gasteiger partial charge in [0.1, 0.15) is 5.76 Å². The van der Waals surface area contributed by atoms with Gasteiger partial charge in [-0.2, -0.15) is 0 Å². The zero-order chi connectivity index (χ0) is 17.4. The van der Waals surface area contributed by atoms with Gasteiger partial charge < -0.3 is 14.5 Å². The standard InChI is InChI=1S/C16H17N3O5/c1-23-10-11-4-6-12(7-5-11)14(20)18-19-16(22)15(21)17-9-13-3-2-8-24-13/h2-8H,9-10H2,1H3,(H,17,21)(H,18,20)(H,19,22). The molecular weight excluding hydrogens is 314 g/mol. The zero-order valence-corrected chi connectivity index (χ0v) is 13.0. The average Bonchev–Trinajstić information content (AvgIpc) is 3.11. The van der Waals surface area contributed by atoms with Crippen molar-refractivity contribution >= 4 is 17.7 Å². The van der Waals surface area contributed by atoms with E-state index in [1.54, 1.807) is 43.5 Å². The summed E-state index contributed by atoms with van der Waals surface area (Å²) in [6, 6.07) is 9.97. The summed E-state index contributed by atoms with van der Waals surface area (Å²) in [6.07, 6.45) is 1.46. The van der Waals surface area contributed by atoms with E-state index in [4.69, 9.17) is 9.15 Å². The Morgan fingerprint density at radius 3 is 2.42 bits per heavy atom. The Morgan fingerprint density at radius 2 is 1.79 bits per heavy atom. The number of hydrogen-bond donors (Lipinski definition) is 3. The van der Waals surface area contributed by atoms with Crippen molar-refractivity contribution in [3.8, 4) is 0 Å². The number of benzene rings is 1. The van der Waals surface area contributed by atoms with Crippen LogP contribution < -0.4 is 16.2 Å². The minimum Gasteiger partial charge on any atom is -0.467 e. The molecule has 2 aromatic rings. The monoisotopic (exact) mass is 331 g/mol. The lowest BCUT2D eigenvalue weighted by Gasteiger charge is -2.08. The van der Waals surface area contributed by atoms with Gasteiger partial charge in [-0.25, -0.2) is 0 Å². The summed E-state index contributed by atoms with van der Waals surface area (Å²) in [6.45, 7) is 0.517. The van der Waals surface area contributed by atoms with Crippen LogP contribution >= 0.6 is 0 Å². The predicted molar refractivity (Wildman–Crippen MR) is 83.3 cm³/mol. The number of amides is 3. The lowest BCUT2D eigenvalue weighted by Crippen LogP contribution is -2.48. The minimum absolute atomic E-state index is 0.0775. The molecule has 0 unspecified atom stereocenters. The summed E-state index contributed by atoms with van der Waals surface area (Å²) in [5.41, 5.74) is 5.47. The first-order chi connectivity index (χ1) is 11.6. The van der Waals surface area contributed by atoms with Crippen LogP contribution in [-0.4, -0.2) is 24.8 Å². The molecule has 0 atom stereocenters. The molecule has 1 aromatic carbocycles. The average molecular weight is 331 g/mol. The molecule has 0 fully saturated rings. The topological polar surface area (TPSA) is 110 Å². The molecule has 1 heterocycles. The maximum absolute atomic E-state index is 11.9. The molecule has 126 valence electrons. The molecule has 0 saturated carbocycles. The number of carbonyl (C=O) groups excluding carboxylic acids is 3. The van der Waals surface area contributed by atoms with E-state index in [9.17, 15) is 14.4 Å². The van der Waals surface area contributed by atoms with E-state index >= 15 is 0 Å². The molecule has 0 aliphatic carbocycles. The molecule has 0 bridgehead atoms. The maximum atomic E-state index is 11.9. The van der Waals surface area contributed by atoms with Gasteiger partial charge in [-0.05, 0) is 29.8 Å². The van der Waals surface area contributed by atoms with Gasteiger partial charge in [0, 0.05) is 12.7 Å². The minimum atomic E-state index is -0.981. The van der Waals surface area contributed by atoms with Crippen LogP contribution in [0.2, 0.25) is 0 Å². The highest BCUT2D eigenvalue weighted by molar-refractivity contribution is 6.35. The van der Waals surface area contributed by atoms with Crippen LogP contribution in [-0.2, 0) is 27.5 Å². The molecule has 2 rings (SSSR count). The van der Waals surface area contributed by atoms with Crippen LogP contribution in [0.25, 0.3) is 0 Å². The van der Waals surface area contributed by atoms with Gasteiger partial charge >= 0.3 is 11.8 Å². The van der Waals surface area contributed by atoms with Crippen LogP contribution in [0.5, 0.6) is 0 Å². The Morgan fingerprint density at radius 1 is 1.04 bits per heavy atom. The smallest absolute Gasteiger partial charge is 0.327 e. The van der Waals surface area contributed by atoms with Crippen molar-refractivity contribution in [1.82, 2.24) is 16.2 Å². The van der Waals surface area contributed by atoms with Gasteiger partial charge in [-0.3, -0.25) is 25.2 Å². The number of ether oxygens (including phenoxy) is 1. The lowest BCUT2D eigenvalue weighted by atomic mass is 10.1. The first-order valence-electron chi connectivity index (χ1n) is 7.09. The van der Waals surface area contributed by atoms with Gasteiger partial charge in [-0.15, -0.1) is 0 Å². The van der Waals surface area contributed by atoms with Crippen molar-refractivity contribution in [3.63, 3.8) is 0 Å². The molecule has 8 heteroatoms. The van der Waals surface area contributed by atoms with E-state index in [2.05, 4.69) is 10.7 Å². The van der Waals surface area contributed by atoms with Gasteiger partial charge in [0.25, 0.3) is 5.91 Å². The highest BCUT2D eigenvalue weighted by Gasteiger charge is 2.15. The summed E-state index contributed by atoms with van der Waals surface area (Å²) in [5.74, 6) is -1.89. The first-order valence-corrected chi connectivity index (χ1v) is 7.09. The Hall–Kier alpha value is -3.13. The molecule has 0 aliphatic heterocycles. The molecule has 3 N–H and O–H groups in total. The van der Waals surface area contributed by atoms with E-state index in [0.717, 1.165) is 5.56 Å². The van der Waals surface area contributed by atoms with E-state index < -0.39 is 17.7 Å². The largest absolute Gasteiger partial charge is 0.467 e. The third-order valence-electron chi connectivity index (χ3n) is 3.03. The quantitative estimate of drug-likeness (QED) is 0.546. The van der Waals surface area contributed by atoms with Gasteiger partial charge in [0.05, 0.1) is 19.4 Å². The fourth-order valence-electron chi connectivity index (χ4n) is 1.82. The fraction of sp³-hybridized carbons (Fsp3) is 0.188. The first kappa shape index (κ1) is 17.2. The Labute approximate surface area is 138 Å². The van der Waals surface area contributed by atoms with Crippen molar-refractivity contribution in [1.29, 1.82) is 0 Å².